The van der Waals surface area contributed by atoms with Gasteiger partial charge in [-0.2, -0.15) is 13.2 Å². The second-order valence-electron chi connectivity index (χ2n) is 6.83. The number of hydrogen-bond acceptors (Lipinski definition) is 3. The molecule has 1 fully saturated rings. The van der Waals surface area contributed by atoms with Crippen molar-refractivity contribution >= 4 is 6.09 Å². The van der Waals surface area contributed by atoms with Gasteiger partial charge in [-0.15, -0.1) is 0 Å². The molecule has 1 aromatic carbocycles. The Labute approximate surface area is 139 Å². The molecule has 1 aliphatic heterocycles. The first kappa shape index (κ1) is 18.4. The molecule has 1 aliphatic rings. The Hall–Kier alpha value is -1.92. The highest BCUT2D eigenvalue weighted by atomic mass is 19.4. The van der Waals surface area contributed by atoms with Crippen molar-refractivity contribution in [2.24, 2.45) is 0 Å². The first-order valence-electron chi connectivity index (χ1n) is 7.86. The largest absolute Gasteiger partial charge is 0.489 e. The lowest BCUT2D eigenvalue weighted by molar-refractivity contribution is -0.137. The third-order valence-corrected chi connectivity index (χ3v) is 3.51. The Morgan fingerprint density at radius 2 is 1.79 bits per heavy atom. The lowest BCUT2D eigenvalue weighted by atomic mass is 10.1. The van der Waals surface area contributed by atoms with Crippen molar-refractivity contribution in [1.82, 2.24) is 4.90 Å². The fourth-order valence-corrected chi connectivity index (χ4v) is 2.44. The molecular formula is C17H22F3NO3. The standard InChI is InChI=1S/C17H22F3NO3/c1-16(2,3)24-15(22)21-10-4-5-14(11-21)23-13-8-6-12(7-9-13)17(18,19)20/h6-9,14H,4-5,10-11H2,1-3H3. The van der Waals surface area contributed by atoms with Crippen molar-refractivity contribution in [2.45, 2.75) is 51.5 Å². The summed E-state index contributed by atoms with van der Waals surface area (Å²) < 4.78 is 48.7. The van der Waals surface area contributed by atoms with Gasteiger partial charge >= 0.3 is 12.3 Å². The molecule has 7 heteroatoms. The van der Waals surface area contributed by atoms with Crippen LogP contribution in [0.25, 0.3) is 0 Å². The number of hydrogen-bond donors (Lipinski definition) is 0. The van der Waals surface area contributed by atoms with Crippen LogP contribution < -0.4 is 4.74 Å². The number of carbonyl (C=O) groups is 1. The number of carbonyl (C=O) groups excluding carboxylic acids is 1. The number of rotatable bonds is 2. The molecule has 0 radical (unpaired) electrons. The summed E-state index contributed by atoms with van der Waals surface area (Å²) >= 11 is 0. The summed E-state index contributed by atoms with van der Waals surface area (Å²) in [5.74, 6) is 0.360. The van der Waals surface area contributed by atoms with Crippen LogP contribution in [0.5, 0.6) is 5.75 Å². The molecule has 0 bridgehead atoms. The third kappa shape index (κ3) is 5.32. The molecule has 1 unspecified atom stereocenters. The summed E-state index contributed by atoms with van der Waals surface area (Å²) in [7, 11) is 0. The van der Waals surface area contributed by atoms with Crippen molar-refractivity contribution in [3.05, 3.63) is 29.8 Å². The van der Waals surface area contributed by atoms with Crippen molar-refractivity contribution in [3.8, 4) is 5.75 Å². The number of benzene rings is 1. The molecule has 0 aliphatic carbocycles. The topological polar surface area (TPSA) is 38.8 Å². The summed E-state index contributed by atoms with van der Waals surface area (Å²) in [5, 5.41) is 0. The van der Waals surface area contributed by atoms with Crippen LogP contribution in [0.3, 0.4) is 0 Å². The van der Waals surface area contributed by atoms with Crippen LogP contribution in [0.15, 0.2) is 24.3 Å². The van der Waals surface area contributed by atoms with E-state index in [1.165, 1.54) is 12.1 Å². The number of nitrogens with zero attached hydrogens (tertiary/aromatic N) is 1. The average Bonchev–Trinajstić information content (AvgIpc) is 2.45. The predicted octanol–water partition coefficient (Wildman–Crippen LogP) is 4.48. The minimum atomic E-state index is -4.36. The third-order valence-electron chi connectivity index (χ3n) is 3.51. The number of amides is 1. The first-order valence-corrected chi connectivity index (χ1v) is 7.86. The molecule has 24 heavy (non-hydrogen) atoms. The van der Waals surface area contributed by atoms with Crippen LogP contribution in [0, 0.1) is 0 Å². The number of alkyl halides is 3. The highest BCUT2D eigenvalue weighted by Gasteiger charge is 2.31. The molecule has 1 heterocycles. The molecule has 1 saturated heterocycles. The fourth-order valence-electron chi connectivity index (χ4n) is 2.44. The second kappa shape index (κ2) is 6.91. The van der Waals surface area contributed by atoms with Crippen LogP contribution in [-0.2, 0) is 10.9 Å². The van der Waals surface area contributed by atoms with Crippen molar-refractivity contribution in [3.63, 3.8) is 0 Å². The van der Waals surface area contributed by atoms with Crippen LogP contribution >= 0.6 is 0 Å². The Balaban J connectivity index is 1.94. The number of piperidine rings is 1. The zero-order valence-electron chi connectivity index (χ0n) is 14.0. The first-order chi connectivity index (χ1) is 11.0. The van der Waals surface area contributed by atoms with Gasteiger partial charge in [0.25, 0.3) is 0 Å². The van der Waals surface area contributed by atoms with E-state index in [4.69, 9.17) is 9.47 Å². The summed E-state index contributed by atoms with van der Waals surface area (Å²) in [6.07, 6.45) is -3.53. The molecule has 0 aromatic heterocycles. The highest BCUT2D eigenvalue weighted by Crippen LogP contribution is 2.30. The molecule has 4 nitrogen and oxygen atoms in total. The van der Waals surface area contributed by atoms with Crippen LogP contribution in [-0.4, -0.2) is 35.8 Å². The second-order valence-corrected chi connectivity index (χ2v) is 6.83. The SMILES string of the molecule is CC(C)(C)OC(=O)N1CCCC(Oc2ccc(C(F)(F)F)cc2)C1. The van der Waals surface area contributed by atoms with Gasteiger partial charge in [0, 0.05) is 6.54 Å². The Morgan fingerprint density at radius 1 is 1.17 bits per heavy atom. The van der Waals surface area contributed by atoms with Crippen molar-refractivity contribution < 1.29 is 27.4 Å². The maximum atomic E-state index is 12.6. The fraction of sp³-hybridized carbons (Fsp3) is 0.588. The van der Waals surface area contributed by atoms with Crippen molar-refractivity contribution in [1.29, 1.82) is 0 Å². The van der Waals surface area contributed by atoms with E-state index in [2.05, 4.69) is 0 Å². The van der Waals surface area contributed by atoms with E-state index in [0.717, 1.165) is 25.0 Å². The van der Waals surface area contributed by atoms with E-state index >= 15 is 0 Å². The molecule has 1 atom stereocenters. The highest BCUT2D eigenvalue weighted by molar-refractivity contribution is 5.68. The Kier molecular flexibility index (Phi) is 5.30. The lowest BCUT2D eigenvalue weighted by Crippen LogP contribution is -2.46. The minimum absolute atomic E-state index is 0.261. The van der Waals surface area contributed by atoms with E-state index < -0.39 is 23.4 Å². The lowest BCUT2D eigenvalue weighted by Gasteiger charge is -2.34. The number of ether oxygens (including phenoxy) is 2. The molecule has 0 spiro atoms. The monoisotopic (exact) mass is 345 g/mol. The Bertz CT molecular complexity index is 564. The quantitative estimate of drug-likeness (QED) is 0.793. The molecule has 1 amide bonds. The van der Waals surface area contributed by atoms with E-state index in [1.807, 2.05) is 0 Å². The van der Waals surface area contributed by atoms with Crippen LogP contribution in [0.1, 0.15) is 39.2 Å². The molecule has 0 saturated carbocycles. The molecule has 134 valence electrons. The van der Waals surface area contributed by atoms with Gasteiger partial charge in [-0.05, 0) is 57.9 Å². The van der Waals surface area contributed by atoms with E-state index in [0.29, 0.717) is 18.8 Å². The number of likely N-dealkylation sites (tertiary alicyclic amines) is 1. The molecular weight excluding hydrogens is 323 g/mol. The molecule has 2 rings (SSSR count). The van der Waals surface area contributed by atoms with Gasteiger partial charge in [-0.25, -0.2) is 4.79 Å². The van der Waals surface area contributed by atoms with Crippen LogP contribution in [0.4, 0.5) is 18.0 Å². The van der Waals surface area contributed by atoms with E-state index in [1.54, 1.807) is 25.7 Å². The maximum Gasteiger partial charge on any atom is 0.416 e. The van der Waals surface area contributed by atoms with Gasteiger partial charge in [-0.3, -0.25) is 0 Å². The molecule has 1 aromatic rings. The van der Waals surface area contributed by atoms with Gasteiger partial charge in [-0.1, -0.05) is 0 Å². The summed E-state index contributed by atoms with van der Waals surface area (Å²) in [5.41, 5.74) is -1.29. The average molecular weight is 345 g/mol. The van der Waals surface area contributed by atoms with Gasteiger partial charge < -0.3 is 14.4 Å². The summed E-state index contributed by atoms with van der Waals surface area (Å²) in [4.78, 5) is 13.7. The van der Waals surface area contributed by atoms with Crippen molar-refractivity contribution in [2.75, 3.05) is 13.1 Å². The normalized spacial score (nSPS) is 19.1. The summed E-state index contributed by atoms with van der Waals surface area (Å²) in [6, 6.07) is 4.58. The van der Waals surface area contributed by atoms with Gasteiger partial charge in [0.05, 0.1) is 12.1 Å². The Morgan fingerprint density at radius 3 is 2.33 bits per heavy atom. The van der Waals surface area contributed by atoms with E-state index in [-0.39, 0.29) is 6.10 Å². The van der Waals surface area contributed by atoms with Crippen LogP contribution in [0.2, 0.25) is 0 Å². The van der Waals surface area contributed by atoms with Gasteiger partial charge in [0.1, 0.15) is 17.5 Å². The minimum Gasteiger partial charge on any atom is -0.489 e. The van der Waals surface area contributed by atoms with Gasteiger partial charge in [0.15, 0.2) is 0 Å². The zero-order valence-corrected chi connectivity index (χ0v) is 14.0. The number of halogens is 3. The summed E-state index contributed by atoms with van der Waals surface area (Å²) in [6.45, 7) is 6.33. The maximum absolute atomic E-state index is 12.6. The molecule has 0 N–H and O–H groups in total. The predicted molar refractivity (Wildman–Crippen MR) is 82.9 cm³/mol. The van der Waals surface area contributed by atoms with E-state index in [9.17, 15) is 18.0 Å². The smallest absolute Gasteiger partial charge is 0.416 e. The zero-order chi connectivity index (χ0) is 18.0. The van der Waals surface area contributed by atoms with Gasteiger partial charge in [0.2, 0.25) is 0 Å².